The molecule has 0 fully saturated rings. The molecule has 0 aromatic carbocycles. The van der Waals surface area contributed by atoms with Crippen molar-refractivity contribution in [2.24, 2.45) is 0 Å². The Morgan fingerprint density at radius 2 is 2.33 bits per heavy atom. The standard InChI is InChI=1S/C10H11N3OS/c1-7(2)13-6-11-3-9(13)10-12-8(4-14)5-15-10/h3-7H,1-2H3. The Morgan fingerprint density at radius 1 is 1.53 bits per heavy atom. The SMILES string of the molecule is CC(C)n1cncc1-c1nc(C=O)cs1. The monoisotopic (exact) mass is 221 g/mol. The Kier molecular flexibility index (Phi) is 2.64. The van der Waals surface area contributed by atoms with E-state index in [1.165, 1.54) is 11.3 Å². The maximum Gasteiger partial charge on any atom is 0.169 e. The number of rotatable bonds is 3. The largest absolute Gasteiger partial charge is 0.326 e. The molecule has 4 nitrogen and oxygen atoms in total. The van der Waals surface area contributed by atoms with E-state index in [4.69, 9.17) is 0 Å². The van der Waals surface area contributed by atoms with Crippen LogP contribution in [0, 0.1) is 0 Å². The van der Waals surface area contributed by atoms with Gasteiger partial charge >= 0.3 is 0 Å². The van der Waals surface area contributed by atoms with Crippen molar-refractivity contribution < 1.29 is 4.79 Å². The van der Waals surface area contributed by atoms with E-state index in [1.54, 1.807) is 17.9 Å². The molecule has 0 bridgehead atoms. The van der Waals surface area contributed by atoms with E-state index in [9.17, 15) is 4.79 Å². The first-order chi connectivity index (χ1) is 7.22. The third-order valence-electron chi connectivity index (χ3n) is 2.08. The molecule has 2 aromatic heterocycles. The maximum absolute atomic E-state index is 10.5. The van der Waals surface area contributed by atoms with Crippen molar-refractivity contribution in [1.82, 2.24) is 14.5 Å². The van der Waals surface area contributed by atoms with Crippen LogP contribution in [-0.2, 0) is 0 Å². The van der Waals surface area contributed by atoms with Crippen LogP contribution in [-0.4, -0.2) is 20.8 Å². The van der Waals surface area contributed by atoms with Gasteiger partial charge in [-0.25, -0.2) is 9.97 Å². The topological polar surface area (TPSA) is 47.8 Å². The zero-order chi connectivity index (χ0) is 10.8. The number of hydrogen-bond donors (Lipinski definition) is 0. The molecule has 0 unspecified atom stereocenters. The van der Waals surface area contributed by atoms with Gasteiger partial charge in [0.05, 0.1) is 18.2 Å². The molecule has 0 atom stereocenters. The van der Waals surface area contributed by atoms with Gasteiger partial charge in [0.2, 0.25) is 0 Å². The molecular formula is C10H11N3OS. The number of aldehydes is 1. The summed E-state index contributed by atoms with van der Waals surface area (Å²) >= 11 is 1.46. The Hall–Kier alpha value is -1.49. The Balaban J connectivity index is 2.44. The minimum Gasteiger partial charge on any atom is -0.326 e. The molecule has 0 saturated carbocycles. The highest BCUT2D eigenvalue weighted by molar-refractivity contribution is 7.13. The van der Waals surface area contributed by atoms with Gasteiger partial charge in [0.1, 0.15) is 10.7 Å². The van der Waals surface area contributed by atoms with Gasteiger partial charge < -0.3 is 4.57 Å². The number of carbonyl (C=O) groups excluding carboxylic acids is 1. The highest BCUT2D eigenvalue weighted by Gasteiger charge is 2.11. The van der Waals surface area contributed by atoms with Crippen molar-refractivity contribution in [2.75, 3.05) is 0 Å². The van der Waals surface area contributed by atoms with Crippen molar-refractivity contribution in [3.05, 3.63) is 23.6 Å². The van der Waals surface area contributed by atoms with E-state index in [0.29, 0.717) is 11.7 Å². The fraction of sp³-hybridized carbons (Fsp3) is 0.300. The fourth-order valence-electron chi connectivity index (χ4n) is 1.34. The van der Waals surface area contributed by atoms with Crippen molar-refractivity contribution in [2.45, 2.75) is 19.9 Å². The van der Waals surface area contributed by atoms with Crippen molar-refractivity contribution in [3.8, 4) is 10.7 Å². The van der Waals surface area contributed by atoms with E-state index in [1.807, 2.05) is 4.57 Å². The second-order valence-corrected chi connectivity index (χ2v) is 4.33. The van der Waals surface area contributed by atoms with Gasteiger partial charge in [0.25, 0.3) is 0 Å². The lowest BCUT2D eigenvalue weighted by Crippen LogP contribution is -2.00. The third kappa shape index (κ3) is 1.83. The summed E-state index contributed by atoms with van der Waals surface area (Å²) in [5, 5.41) is 2.59. The minimum atomic E-state index is 0.339. The van der Waals surface area contributed by atoms with Crippen molar-refractivity contribution in [1.29, 1.82) is 0 Å². The van der Waals surface area contributed by atoms with Crippen molar-refractivity contribution in [3.63, 3.8) is 0 Å². The summed E-state index contributed by atoms with van der Waals surface area (Å²) < 4.78 is 2.04. The van der Waals surface area contributed by atoms with Crippen LogP contribution in [0.25, 0.3) is 10.7 Å². The van der Waals surface area contributed by atoms with E-state index >= 15 is 0 Å². The first-order valence-corrected chi connectivity index (χ1v) is 5.53. The van der Waals surface area contributed by atoms with Crippen LogP contribution in [0.1, 0.15) is 30.4 Å². The Bertz CT molecular complexity index is 472. The van der Waals surface area contributed by atoms with E-state index in [0.717, 1.165) is 17.0 Å². The third-order valence-corrected chi connectivity index (χ3v) is 2.97. The predicted molar refractivity (Wildman–Crippen MR) is 59.1 cm³/mol. The summed E-state index contributed by atoms with van der Waals surface area (Å²) in [5.74, 6) is 0. The van der Waals surface area contributed by atoms with Crippen LogP contribution in [0.3, 0.4) is 0 Å². The predicted octanol–water partition coefficient (Wildman–Crippen LogP) is 2.40. The quantitative estimate of drug-likeness (QED) is 0.748. The average Bonchev–Trinajstić information content (AvgIpc) is 2.85. The second kappa shape index (κ2) is 3.94. The molecule has 2 heterocycles. The van der Waals surface area contributed by atoms with Gasteiger partial charge in [0.15, 0.2) is 6.29 Å². The van der Waals surface area contributed by atoms with Crippen LogP contribution >= 0.6 is 11.3 Å². The van der Waals surface area contributed by atoms with Gasteiger partial charge in [-0.15, -0.1) is 11.3 Å². The molecular weight excluding hydrogens is 210 g/mol. The van der Waals surface area contributed by atoms with Crippen LogP contribution in [0.2, 0.25) is 0 Å². The zero-order valence-corrected chi connectivity index (χ0v) is 9.36. The summed E-state index contributed by atoms with van der Waals surface area (Å²) in [7, 11) is 0. The van der Waals surface area contributed by atoms with Gasteiger partial charge in [-0.05, 0) is 13.8 Å². The summed E-state index contributed by atoms with van der Waals surface area (Å²) in [6.07, 6.45) is 4.31. The number of nitrogens with zero attached hydrogens (tertiary/aromatic N) is 3. The zero-order valence-electron chi connectivity index (χ0n) is 8.54. The molecule has 0 N–H and O–H groups in total. The number of imidazole rings is 1. The highest BCUT2D eigenvalue weighted by atomic mass is 32.1. The molecule has 78 valence electrons. The smallest absolute Gasteiger partial charge is 0.169 e. The maximum atomic E-state index is 10.5. The Morgan fingerprint density at radius 3 is 2.93 bits per heavy atom. The number of carbonyl (C=O) groups is 1. The lowest BCUT2D eigenvalue weighted by molar-refractivity contribution is 0.111. The van der Waals surface area contributed by atoms with Gasteiger partial charge in [0, 0.05) is 11.4 Å². The summed E-state index contributed by atoms with van der Waals surface area (Å²) in [6, 6.07) is 0.339. The van der Waals surface area contributed by atoms with E-state index in [-0.39, 0.29) is 0 Å². The summed E-state index contributed by atoms with van der Waals surface area (Å²) in [6.45, 7) is 4.17. The summed E-state index contributed by atoms with van der Waals surface area (Å²) in [4.78, 5) is 18.8. The number of thiazole rings is 1. The van der Waals surface area contributed by atoms with Crippen LogP contribution in [0.5, 0.6) is 0 Å². The first kappa shape index (κ1) is 10.0. The molecule has 0 spiro atoms. The lowest BCUT2D eigenvalue weighted by atomic mass is 10.3. The minimum absolute atomic E-state index is 0.339. The van der Waals surface area contributed by atoms with Crippen LogP contribution in [0.15, 0.2) is 17.9 Å². The van der Waals surface area contributed by atoms with Crippen LogP contribution in [0.4, 0.5) is 0 Å². The molecule has 0 radical (unpaired) electrons. The highest BCUT2D eigenvalue weighted by Crippen LogP contribution is 2.25. The average molecular weight is 221 g/mol. The molecule has 0 saturated heterocycles. The number of aromatic nitrogens is 3. The first-order valence-electron chi connectivity index (χ1n) is 4.65. The van der Waals surface area contributed by atoms with Gasteiger partial charge in [-0.1, -0.05) is 0 Å². The molecule has 5 heteroatoms. The molecule has 0 aliphatic carbocycles. The molecule has 2 aromatic rings. The van der Waals surface area contributed by atoms with Crippen molar-refractivity contribution >= 4 is 17.6 Å². The van der Waals surface area contributed by atoms with Gasteiger partial charge in [-0.3, -0.25) is 4.79 Å². The second-order valence-electron chi connectivity index (χ2n) is 3.48. The van der Waals surface area contributed by atoms with Crippen LogP contribution < -0.4 is 0 Å². The molecule has 0 aliphatic rings. The normalized spacial score (nSPS) is 10.9. The van der Waals surface area contributed by atoms with E-state index in [2.05, 4.69) is 23.8 Å². The molecule has 15 heavy (non-hydrogen) atoms. The van der Waals surface area contributed by atoms with Gasteiger partial charge in [-0.2, -0.15) is 0 Å². The summed E-state index contributed by atoms with van der Waals surface area (Å²) in [5.41, 5.74) is 1.44. The number of hydrogen-bond acceptors (Lipinski definition) is 4. The lowest BCUT2D eigenvalue weighted by Gasteiger charge is -2.09. The fourth-order valence-corrected chi connectivity index (χ4v) is 2.12. The molecule has 2 rings (SSSR count). The Labute approximate surface area is 91.6 Å². The molecule has 0 amide bonds. The van der Waals surface area contributed by atoms with E-state index < -0.39 is 0 Å². The molecule has 0 aliphatic heterocycles.